The highest BCUT2D eigenvalue weighted by Gasteiger charge is 2.42. The highest BCUT2D eigenvalue weighted by atomic mass is 32.1. The van der Waals surface area contributed by atoms with Crippen molar-refractivity contribution in [3.8, 4) is 0 Å². The topological polar surface area (TPSA) is 84.6 Å². The van der Waals surface area contributed by atoms with E-state index >= 15 is 0 Å². The number of aromatic nitrogens is 1. The number of para-hydroxylation sites is 1. The molecule has 6 rings (SSSR count). The normalized spacial score (nSPS) is 27.1. The van der Waals surface area contributed by atoms with E-state index in [1.807, 2.05) is 29.2 Å². The minimum absolute atomic E-state index is 0.0839. The Labute approximate surface area is 228 Å². The second-order valence-corrected chi connectivity index (χ2v) is 11.4. The molecule has 0 saturated carbocycles. The van der Waals surface area contributed by atoms with Crippen LogP contribution in [0.15, 0.2) is 48.5 Å². The van der Waals surface area contributed by atoms with Gasteiger partial charge < -0.3 is 15.5 Å². The van der Waals surface area contributed by atoms with Crippen molar-refractivity contribution in [1.29, 1.82) is 0 Å². The van der Waals surface area contributed by atoms with Gasteiger partial charge in [-0.25, -0.2) is 4.98 Å². The molecule has 3 fully saturated rings. The Morgan fingerprint density at radius 2 is 1.87 bits per heavy atom. The van der Waals surface area contributed by atoms with Crippen LogP contribution in [0.4, 0.5) is 18.9 Å². The van der Waals surface area contributed by atoms with Crippen molar-refractivity contribution in [1.82, 2.24) is 31.2 Å². The fourth-order valence-corrected chi connectivity index (χ4v) is 6.77. The van der Waals surface area contributed by atoms with Crippen molar-refractivity contribution in [3.05, 3.63) is 59.1 Å². The number of piperazine rings is 1. The lowest BCUT2D eigenvalue weighted by molar-refractivity contribution is -0.137. The molecule has 2 aromatic carbocycles. The summed E-state index contributed by atoms with van der Waals surface area (Å²) in [5.74, 6) is -0.564. The van der Waals surface area contributed by atoms with Crippen LogP contribution in [0.2, 0.25) is 0 Å². The summed E-state index contributed by atoms with van der Waals surface area (Å²) >= 11 is 1.54. The molecule has 3 unspecified atom stereocenters. The average Bonchev–Trinajstić information content (AvgIpc) is 3.37. The van der Waals surface area contributed by atoms with Crippen LogP contribution in [0.5, 0.6) is 0 Å². The van der Waals surface area contributed by atoms with E-state index in [1.165, 1.54) is 12.1 Å². The number of benzene rings is 2. The molecular formula is C27H32F3N7OS. The van der Waals surface area contributed by atoms with E-state index in [0.717, 1.165) is 47.2 Å². The van der Waals surface area contributed by atoms with Crippen molar-refractivity contribution in [3.63, 3.8) is 0 Å². The zero-order valence-corrected chi connectivity index (χ0v) is 22.2. The molecule has 0 radical (unpaired) electrons. The van der Waals surface area contributed by atoms with E-state index in [0.29, 0.717) is 31.9 Å². The number of amides is 1. The maximum atomic E-state index is 13.6. The first kappa shape index (κ1) is 26.5. The number of fused-ring (bicyclic) bond motifs is 1. The number of anilines is 1. The Kier molecular flexibility index (Phi) is 7.47. The number of hydrogen-bond donors (Lipinski definition) is 4. The minimum atomic E-state index is -4.37. The van der Waals surface area contributed by atoms with Crippen LogP contribution < -0.4 is 26.2 Å². The number of rotatable bonds is 5. The van der Waals surface area contributed by atoms with Gasteiger partial charge in [-0.05, 0) is 49.7 Å². The van der Waals surface area contributed by atoms with Gasteiger partial charge in [-0.1, -0.05) is 18.2 Å². The predicted octanol–water partition coefficient (Wildman–Crippen LogP) is 2.89. The lowest BCUT2D eigenvalue weighted by Gasteiger charge is -2.46. The summed E-state index contributed by atoms with van der Waals surface area (Å²) in [7, 11) is 0. The van der Waals surface area contributed by atoms with E-state index in [4.69, 9.17) is 4.98 Å². The largest absolute Gasteiger partial charge is 0.416 e. The minimum Gasteiger partial charge on any atom is -0.369 e. The first-order chi connectivity index (χ1) is 18.8. The summed E-state index contributed by atoms with van der Waals surface area (Å²) in [6.45, 7) is 4.14. The van der Waals surface area contributed by atoms with E-state index in [1.54, 1.807) is 17.4 Å². The van der Waals surface area contributed by atoms with Crippen LogP contribution in [0, 0.1) is 0 Å². The first-order valence-corrected chi connectivity index (χ1v) is 14.2. The van der Waals surface area contributed by atoms with Gasteiger partial charge in [0.05, 0.1) is 21.9 Å². The van der Waals surface area contributed by atoms with Gasteiger partial charge in [0.25, 0.3) is 0 Å². The molecule has 1 aromatic heterocycles. The average molecular weight is 560 g/mol. The van der Waals surface area contributed by atoms with Gasteiger partial charge in [0.15, 0.2) is 0 Å². The fraction of sp³-hybridized carbons (Fsp3) is 0.481. The Hall–Kier alpha value is -2.77. The second kappa shape index (κ2) is 11.0. The zero-order chi connectivity index (χ0) is 27.0. The van der Waals surface area contributed by atoms with Gasteiger partial charge in [0.2, 0.25) is 5.91 Å². The number of nitrogens with zero attached hydrogens (tertiary/aromatic N) is 3. The lowest BCUT2D eigenvalue weighted by atomic mass is 10.00. The van der Waals surface area contributed by atoms with E-state index < -0.39 is 17.7 Å². The predicted molar refractivity (Wildman–Crippen MR) is 145 cm³/mol. The van der Waals surface area contributed by atoms with Crippen LogP contribution in [0.1, 0.15) is 29.3 Å². The van der Waals surface area contributed by atoms with Gasteiger partial charge in [-0.3, -0.25) is 20.3 Å². The second-order valence-electron chi connectivity index (χ2n) is 10.3. The monoisotopic (exact) mass is 559 g/mol. The molecule has 4 heterocycles. The summed E-state index contributed by atoms with van der Waals surface area (Å²) in [5, 5.41) is 14.7. The first-order valence-electron chi connectivity index (χ1n) is 13.4. The molecule has 39 heavy (non-hydrogen) atoms. The zero-order valence-electron chi connectivity index (χ0n) is 21.4. The molecule has 3 aromatic rings. The number of alkyl halides is 3. The summed E-state index contributed by atoms with van der Waals surface area (Å²) < 4.78 is 40.7. The smallest absolute Gasteiger partial charge is 0.369 e. The summed E-state index contributed by atoms with van der Waals surface area (Å²) in [6.07, 6.45) is -2.97. The summed E-state index contributed by atoms with van der Waals surface area (Å²) in [5.41, 5.74) is 0.803. The number of hydrogen-bond acceptors (Lipinski definition) is 8. The number of nitrogens with one attached hydrogen (secondary N) is 4. The fourth-order valence-electron chi connectivity index (χ4n) is 5.67. The molecule has 3 aliphatic rings. The Balaban J connectivity index is 1.17. The molecule has 4 atom stereocenters. The SMILES string of the molecule is O=C1NC(N2CCN(c3cccc(C(F)(F)F)c3)CC2)NC(N[C@@H]2CCCNC2)C1c1nc2ccccc2s1. The van der Waals surface area contributed by atoms with E-state index in [9.17, 15) is 18.0 Å². The lowest BCUT2D eigenvalue weighted by Crippen LogP contribution is -2.72. The van der Waals surface area contributed by atoms with Crippen LogP contribution in [-0.2, 0) is 11.0 Å². The Morgan fingerprint density at radius 3 is 2.62 bits per heavy atom. The number of carbonyl (C=O) groups is 1. The summed E-state index contributed by atoms with van der Waals surface area (Å²) in [4.78, 5) is 22.5. The molecule has 208 valence electrons. The van der Waals surface area contributed by atoms with Crippen LogP contribution in [0.3, 0.4) is 0 Å². The van der Waals surface area contributed by atoms with Crippen molar-refractivity contribution in [2.45, 2.75) is 43.4 Å². The standard InChI is InChI=1S/C27H32F3N7OS/c28-27(29,30)17-5-3-7-19(15-17)36-11-13-37(14-12-36)26-34-23(32-18-6-4-10-31-16-18)22(24(38)35-26)25-33-20-8-1-2-9-21(20)39-25/h1-3,5,7-9,15,18,22-23,26,31-32,34H,4,6,10-14,16H2,(H,35,38)/t18-,22?,23?,26?/m1/s1. The quantitative estimate of drug-likeness (QED) is 0.383. The number of piperidine rings is 1. The maximum absolute atomic E-state index is 13.6. The number of thiazole rings is 1. The van der Waals surface area contributed by atoms with E-state index in [-0.39, 0.29) is 24.4 Å². The molecule has 1 amide bonds. The molecule has 0 bridgehead atoms. The molecule has 12 heteroatoms. The van der Waals surface area contributed by atoms with Crippen molar-refractivity contribution < 1.29 is 18.0 Å². The van der Waals surface area contributed by atoms with Crippen LogP contribution >= 0.6 is 11.3 Å². The molecule has 0 aliphatic carbocycles. The van der Waals surface area contributed by atoms with Crippen molar-refractivity contribution in [2.24, 2.45) is 0 Å². The molecular weight excluding hydrogens is 527 g/mol. The molecule has 8 nitrogen and oxygen atoms in total. The van der Waals surface area contributed by atoms with Gasteiger partial charge in [-0.15, -0.1) is 11.3 Å². The van der Waals surface area contributed by atoms with Gasteiger partial charge in [0.1, 0.15) is 17.2 Å². The Morgan fingerprint density at radius 1 is 1.05 bits per heavy atom. The third-order valence-corrected chi connectivity index (χ3v) is 8.86. The number of halogens is 3. The Bertz CT molecular complexity index is 1270. The van der Waals surface area contributed by atoms with Crippen LogP contribution in [-0.4, -0.2) is 73.6 Å². The highest BCUT2D eigenvalue weighted by molar-refractivity contribution is 7.18. The molecule has 4 N–H and O–H groups in total. The van der Waals surface area contributed by atoms with Crippen molar-refractivity contribution in [2.75, 3.05) is 44.2 Å². The van der Waals surface area contributed by atoms with Crippen molar-refractivity contribution >= 4 is 33.1 Å². The van der Waals surface area contributed by atoms with Gasteiger partial charge in [-0.2, -0.15) is 13.2 Å². The highest BCUT2D eigenvalue weighted by Crippen LogP contribution is 2.33. The van der Waals surface area contributed by atoms with E-state index in [2.05, 4.69) is 26.2 Å². The summed E-state index contributed by atoms with van der Waals surface area (Å²) in [6, 6.07) is 13.6. The number of carbonyl (C=O) groups excluding carboxylic acids is 1. The molecule has 3 aliphatic heterocycles. The molecule has 0 spiro atoms. The van der Waals surface area contributed by atoms with Crippen LogP contribution in [0.25, 0.3) is 10.2 Å². The molecule has 3 saturated heterocycles. The third kappa shape index (κ3) is 5.75. The van der Waals surface area contributed by atoms with Gasteiger partial charge >= 0.3 is 6.18 Å². The van der Waals surface area contributed by atoms with Gasteiger partial charge in [0, 0.05) is 44.5 Å². The third-order valence-electron chi connectivity index (χ3n) is 7.74. The maximum Gasteiger partial charge on any atom is 0.416 e.